The lowest BCUT2D eigenvalue weighted by atomic mass is 9.77. The second-order valence-electron chi connectivity index (χ2n) is 3.74. The van der Waals surface area contributed by atoms with Gasteiger partial charge in [0.15, 0.2) is 0 Å². The molecule has 1 nitrogen and oxygen atoms in total. The molecule has 1 saturated carbocycles. The Balaban J connectivity index is 2.44. The van der Waals surface area contributed by atoms with Gasteiger partial charge in [-0.15, -0.1) is 0 Å². The fraction of sp³-hybridized carbons (Fsp3) is 0.889. The summed E-state index contributed by atoms with van der Waals surface area (Å²) in [5.74, 6) is 1.89. The minimum Gasteiger partial charge on any atom is -0.198 e. The average molecular weight is 137 g/mol. The third kappa shape index (κ3) is 1.73. The van der Waals surface area contributed by atoms with E-state index in [1.54, 1.807) is 0 Å². The molecule has 0 unspecified atom stereocenters. The second kappa shape index (κ2) is 3.05. The van der Waals surface area contributed by atoms with Gasteiger partial charge in [0.1, 0.15) is 0 Å². The molecule has 0 spiro atoms. The quantitative estimate of drug-likeness (QED) is 0.503. The predicted octanol–water partition coefficient (Wildman–Crippen LogP) is 2.58. The molecule has 2 atom stereocenters. The van der Waals surface area contributed by atoms with Crippen LogP contribution in [0.15, 0.2) is 0 Å². The van der Waals surface area contributed by atoms with E-state index in [1.165, 1.54) is 6.42 Å². The molecular formula is C9H15N. The summed E-state index contributed by atoms with van der Waals surface area (Å²) >= 11 is 0. The minimum absolute atomic E-state index is 0.346. The van der Waals surface area contributed by atoms with E-state index in [0.717, 1.165) is 24.7 Å². The Labute approximate surface area is 63.0 Å². The first-order valence-corrected chi connectivity index (χ1v) is 4.12. The van der Waals surface area contributed by atoms with Crippen LogP contribution in [0.4, 0.5) is 0 Å². The van der Waals surface area contributed by atoms with Crippen LogP contribution < -0.4 is 0 Å². The van der Waals surface area contributed by atoms with Crippen LogP contribution in [0.5, 0.6) is 0 Å². The van der Waals surface area contributed by atoms with E-state index in [2.05, 4.69) is 19.9 Å². The zero-order valence-corrected chi connectivity index (χ0v) is 6.80. The molecule has 1 aliphatic rings. The Morgan fingerprint density at radius 1 is 1.10 bits per heavy atom. The molecule has 10 heavy (non-hydrogen) atoms. The summed E-state index contributed by atoms with van der Waals surface area (Å²) in [6.07, 6.45) is 3.57. The summed E-state index contributed by atoms with van der Waals surface area (Å²) < 4.78 is 0. The Kier molecular flexibility index (Phi) is 2.32. The lowest BCUT2D eigenvalue weighted by Gasteiger charge is -2.26. The molecule has 0 N–H and O–H groups in total. The van der Waals surface area contributed by atoms with Gasteiger partial charge in [0.2, 0.25) is 0 Å². The van der Waals surface area contributed by atoms with Gasteiger partial charge in [-0.1, -0.05) is 13.8 Å². The van der Waals surface area contributed by atoms with Gasteiger partial charge in [-0.3, -0.25) is 0 Å². The standard InChI is InChI=1S/C9H15N/c1-7-3-8(2)5-9(4-7)6-10/h7-9H,3-5H2,1-2H3/t7-,8-/m0/s1. The molecule has 0 radical (unpaired) electrons. The van der Waals surface area contributed by atoms with Crippen molar-refractivity contribution in [2.45, 2.75) is 33.1 Å². The van der Waals surface area contributed by atoms with Crippen LogP contribution in [0.25, 0.3) is 0 Å². The van der Waals surface area contributed by atoms with Gasteiger partial charge >= 0.3 is 0 Å². The maximum atomic E-state index is 8.68. The van der Waals surface area contributed by atoms with Crippen molar-refractivity contribution in [3.05, 3.63) is 0 Å². The van der Waals surface area contributed by atoms with Crippen molar-refractivity contribution in [3.8, 4) is 6.07 Å². The molecule has 1 fully saturated rings. The van der Waals surface area contributed by atoms with Gasteiger partial charge in [-0.05, 0) is 31.1 Å². The van der Waals surface area contributed by atoms with Crippen molar-refractivity contribution in [2.75, 3.05) is 0 Å². The summed E-state index contributed by atoms with van der Waals surface area (Å²) in [5, 5.41) is 8.68. The van der Waals surface area contributed by atoms with Crippen LogP contribution in [0, 0.1) is 29.1 Å². The first-order valence-electron chi connectivity index (χ1n) is 4.12. The molecule has 0 aromatic carbocycles. The SMILES string of the molecule is C[C@@H]1CC(C#N)C[C@@H](C)C1. The van der Waals surface area contributed by atoms with Gasteiger partial charge in [-0.25, -0.2) is 0 Å². The van der Waals surface area contributed by atoms with E-state index >= 15 is 0 Å². The molecule has 56 valence electrons. The van der Waals surface area contributed by atoms with E-state index < -0.39 is 0 Å². The Morgan fingerprint density at radius 2 is 1.60 bits per heavy atom. The zero-order chi connectivity index (χ0) is 7.56. The normalized spacial score (nSPS) is 40.7. The molecular weight excluding hydrogens is 122 g/mol. The van der Waals surface area contributed by atoms with Crippen LogP contribution >= 0.6 is 0 Å². The first kappa shape index (κ1) is 7.60. The maximum absolute atomic E-state index is 8.68. The fourth-order valence-electron chi connectivity index (χ4n) is 2.05. The summed E-state index contributed by atoms with van der Waals surface area (Å²) in [6.45, 7) is 4.50. The highest BCUT2D eigenvalue weighted by Gasteiger charge is 2.22. The Hall–Kier alpha value is -0.510. The van der Waals surface area contributed by atoms with E-state index in [4.69, 9.17) is 5.26 Å². The lowest BCUT2D eigenvalue weighted by molar-refractivity contribution is 0.257. The van der Waals surface area contributed by atoms with Crippen LogP contribution in [0.2, 0.25) is 0 Å². The highest BCUT2D eigenvalue weighted by Crippen LogP contribution is 2.31. The van der Waals surface area contributed by atoms with Gasteiger partial charge < -0.3 is 0 Å². The number of nitrogens with zero attached hydrogens (tertiary/aromatic N) is 1. The van der Waals surface area contributed by atoms with Crippen molar-refractivity contribution >= 4 is 0 Å². The van der Waals surface area contributed by atoms with Gasteiger partial charge in [0, 0.05) is 5.92 Å². The van der Waals surface area contributed by atoms with Crippen molar-refractivity contribution < 1.29 is 0 Å². The molecule has 0 aromatic heterocycles. The third-order valence-electron chi connectivity index (χ3n) is 2.36. The first-order chi connectivity index (χ1) is 4.72. The molecule has 0 saturated heterocycles. The summed E-state index contributed by atoms with van der Waals surface area (Å²) in [4.78, 5) is 0. The lowest BCUT2D eigenvalue weighted by Crippen LogP contribution is -2.17. The minimum atomic E-state index is 0.346. The van der Waals surface area contributed by atoms with Crippen LogP contribution in [0.1, 0.15) is 33.1 Å². The van der Waals surface area contributed by atoms with Gasteiger partial charge in [-0.2, -0.15) is 5.26 Å². The summed E-state index contributed by atoms with van der Waals surface area (Å²) in [5.41, 5.74) is 0. The number of nitriles is 1. The monoisotopic (exact) mass is 137 g/mol. The Bertz CT molecular complexity index is 135. The van der Waals surface area contributed by atoms with Crippen LogP contribution in [-0.2, 0) is 0 Å². The number of hydrogen-bond acceptors (Lipinski definition) is 1. The zero-order valence-electron chi connectivity index (χ0n) is 6.80. The predicted molar refractivity (Wildman–Crippen MR) is 41.3 cm³/mol. The largest absolute Gasteiger partial charge is 0.198 e. The van der Waals surface area contributed by atoms with Crippen molar-refractivity contribution in [2.24, 2.45) is 17.8 Å². The molecule has 1 rings (SSSR count). The number of rotatable bonds is 0. The average Bonchev–Trinajstić information content (AvgIpc) is 1.85. The summed E-state index contributed by atoms with van der Waals surface area (Å²) in [7, 11) is 0. The molecule has 1 heteroatoms. The highest BCUT2D eigenvalue weighted by atomic mass is 14.3. The molecule has 0 bridgehead atoms. The fourth-order valence-corrected chi connectivity index (χ4v) is 2.05. The van der Waals surface area contributed by atoms with Crippen molar-refractivity contribution in [1.82, 2.24) is 0 Å². The maximum Gasteiger partial charge on any atom is 0.0655 e. The van der Waals surface area contributed by atoms with Gasteiger partial charge in [0.25, 0.3) is 0 Å². The van der Waals surface area contributed by atoms with E-state index in [-0.39, 0.29) is 0 Å². The second-order valence-corrected chi connectivity index (χ2v) is 3.74. The molecule has 1 aliphatic carbocycles. The van der Waals surface area contributed by atoms with Crippen LogP contribution in [0.3, 0.4) is 0 Å². The number of hydrogen-bond donors (Lipinski definition) is 0. The van der Waals surface area contributed by atoms with Gasteiger partial charge in [0.05, 0.1) is 6.07 Å². The van der Waals surface area contributed by atoms with Crippen molar-refractivity contribution in [3.63, 3.8) is 0 Å². The molecule has 0 amide bonds. The Morgan fingerprint density at radius 3 is 2.00 bits per heavy atom. The highest BCUT2D eigenvalue weighted by molar-refractivity contribution is 4.88. The van der Waals surface area contributed by atoms with E-state index in [9.17, 15) is 0 Å². The topological polar surface area (TPSA) is 23.8 Å². The summed E-state index contributed by atoms with van der Waals surface area (Å²) in [6, 6.07) is 2.36. The molecule has 0 aromatic rings. The smallest absolute Gasteiger partial charge is 0.0655 e. The van der Waals surface area contributed by atoms with E-state index in [1.807, 2.05) is 0 Å². The van der Waals surface area contributed by atoms with E-state index in [0.29, 0.717) is 5.92 Å². The molecule has 0 aliphatic heterocycles. The third-order valence-corrected chi connectivity index (χ3v) is 2.36. The molecule has 0 heterocycles. The van der Waals surface area contributed by atoms with Crippen molar-refractivity contribution in [1.29, 1.82) is 5.26 Å². The van der Waals surface area contributed by atoms with Crippen LogP contribution in [-0.4, -0.2) is 0 Å².